The van der Waals surface area contributed by atoms with Crippen molar-refractivity contribution < 1.29 is 26.9 Å². The highest BCUT2D eigenvalue weighted by Crippen LogP contribution is 2.61. The molecular formula is C16H25FO5S. The maximum absolute atomic E-state index is 13.7. The predicted molar refractivity (Wildman–Crippen MR) is 81.9 cm³/mol. The number of rotatable bonds is 6. The number of esters is 1. The average Bonchev–Trinajstić information content (AvgIpc) is 2.40. The molecule has 4 aliphatic rings. The van der Waals surface area contributed by atoms with E-state index in [-0.39, 0.29) is 6.61 Å². The van der Waals surface area contributed by atoms with E-state index in [1.807, 2.05) is 0 Å². The minimum absolute atomic E-state index is 0.00435. The van der Waals surface area contributed by atoms with Crippen LogP contribution in [0.5, 0.6) is 0 Å². The first-order valence-electron chi connectivity index (χ1n) is 8.44. The molecule has 4 bridgehead atoms. The molecule has 23 heavy (non-hydrogen) atoms. The van der Waals surface area contributed by atoms with Crippen molar-refractivity contribution in [2.75, 3.05) is 6.61 Å². The molecule has 0 aliphatic heterocycles. The zero-order valence-electron chi connectivity index (χ0n) is 13.5. The summed E-state index contributed by atoms with van der Waals surface area (Å²) >= 11 is 0. The van der Waals surface area contributed by atoms with E-state index in [1.54, 1.807) is 0 Å². The van der Waals surface area contributed by atoms with Crippen LogP contribution >= 0.6 is 0 Å². The van der Waals surface area contributed by atoms with Gasteiger partial charge < -0.3 is 4.74 Å². The molecule has 7 heteroatoms. The second-order valence-electron chi connectivity index (χ2n) is 8.05. The largest absolute Gasteiger partial charge is 0.462 e. The van der Waals surface area contributed by atoms with Gasteiger partial charge in [-0.05, 0) is 81.5 Å². The van der Waals surface area contributed by atoms with E-state index in [9.17, 15) is 17.6 Å². The number of hydrogen-bond donors (Lipinski definition) is 1. The first-order chi connectivity index (χ1) is 10.6. The van der Waals surface area contributed by atoms with Crippen molar-refractivity contribution in [3.63, 3.8) is 0 Å². The molecule has 1 N–H and O–H groups in total. The van der Waals surface area contributed by atoms with Gasteiger partial charge in [0.05, 0.1) is 6.61 Å². The zero-order valence-corrected chi connectivity index (χ0v) is 14.3. The maximum Gasteiger partial charge on any atom is 0.362 e. The molecule has 1 unspecified atom stereocenters. The third-order valence-electron chi connectivity index (χ3n) is 6.10. The van der Waals surface area contributed by atoms with Crippen LogP contribution in [0.3, 0.4) is 0 Å². The summed E-state index contributed by atoms with van der Waals surface area (Å²) in [6.45, 7) is 0.499. The Morgan fingerprint density at radius 1 is 1.22 bits per heavy atom. The molecule has 0 saturated heterocycles. The highest BCUT2D eigenvalue weighted by Gasteiger charge is 2.51. The average molecular weight is 348 g/mol. The van der Waals surface area contributed by atoms with Gasteiger partial charge in [0.25, 0.3) is 0 Å². The van der Waals surface area contributed by atoms with Crippen LogP contribution < -0.4 is 0 Å². The molecule has 0 spiro atoms. The minimum atomic E-state index is -5.12. The van der Waals surface area contributed by atoms with Crippen LogP contribution in [0.1, 0.15) is 58.3 Å². The first-order valence-corrected chi connectivity index (χ1v) is 9.88. The van der Waals surface area contributed by atoms with Crippen LogP contribution in [0.2, 0.25) is 0 Å². The Balaban J connectivity index is 1.48. The van der Waals surface area contributed by atoms with Crippen LogP contribution in [-0.2, 0) is 19.6 Å². The van der Waals surface area contributed by atoms with E-state index >= 15 is 0 Å². The number of carbonyl (C=O) groups excluding carboxylic acids is 1. The highest BCUT2D eigenvalue weighted by molar-refractivity contribution is 7.87. The van der Waals surface area contributed by atoms with Gasteiger partial charge in [-0.15, -0.1) is 0 Å². The Morgan fingerprint density at radius 3 is 2.13 bits per heavy atom. The molecule has 0 heterocycles. The van der Waals surface area contributed by atoms with Crippen molar-refractivity contribution in [3.8, 4) is 0 Å². The minimum Gasteiger partial charge on any atom is -0.462 e. The standard InChI is InChI=1S/C16H25FO5S/c1-15(17,23(19,20)21)14(18)22-4-2-3-16-8-11-5-12(9-16)7-13(6-11)10-16/h11-13H,2-10H2,1H3,(H,19,20,21). The normalized spacial score (nSPS) is 38.3. The number of alkyl halides is 1. The van der Waals surface area contributed by atoms with Crippen molar-refractivity contribution >= 4 is 16.1 Å². The molecule has 4 rings (SSSR count). The van der Waals surface area contributed by atoms with Crippen LogP contribution in [0.25, 0.3) is 0 Å². The molecule has 4 saturated carbocycles. The van der Waals surface area contributed by atoms with Gasteiger partial charge in [0.2, 0.25) is 0 Å². The van der Waals surface area contributed by atoms with Crippen LogP contribution in [0.4, 0.5) is 4.39 Å². The Morgan fingerprint density at radius 2 is 1.70 bits per heavy atom. The molecule has 0 amide bonds. The number of hydrogen-bond acceptors (Lipinski definition) is 4. The Bertz CT molecular complexity index is 548. The summed E-state index contributed by atoms with van der Waals surface area (Å²) in [7, 11) is -5.12. The fourth-order valence-corrected chi connectivity index (χ4v) is 5.71. The Labute approximate surface area is 136 Å². The second-order valence-corrected chi connectivity index (χ2v) is 9.77. The van der Waals surface area contributed by atoms with Gasteiger partial charge in [-0.1, -0.05) is 0 Å². The van der Waals surface area contributed by atoms with Crippen LogP contribution in [-0.4, -0.2) is 30.5 Å². The summed E-state index contributed by atoms with van der Waals surface area (Å²) in [6.07, 6.45) is 9.39. The topological polar surface area (TPSA) is 80.7 Å². The molecule has 0 radical (unpaired) electrons. The lowest BCUT2D eigenvalue weighted by atomic mass is 9.48. The second kappa shape index (κ2) is 5.69. The first kappa shape index (κ1) is 17.1. The quantitative estimate of drug-likeness (QED) is 0.453. The van der Waals surface area contributed by atoms with E-state index in [4.69, 9.17) is 9.29 Å². The zero-order chi connectivity index (χ0) is 16.9. The highest BCUT2D eigenvalue weighted by atomic mass is 32.2. The molecule has 4 aliphatic carbocycles. The molecule has 4 fully saturated rings. The van der Waals surface area contributed by atoms with Crippen molar-refractivity contribution in [2.45, 2.75) is 63.3 Å². The van der Waals surface area contributed by atoms with E-state index in [0.29, 0.717) is 18.8 Å². The number of carbonyl (C=O) groups is 1. The van der Waals surface area contributed by atoms with E-state index < -0.39 is 21.1 Å². The van der Waals surface area contributed by atoms with Gasteiger partial charge in [-0.3, -0.25) is 4.55 Å². The molecule has 1 atom stereocenters. The van der Waals surface area contributed by atoms with Gasteiger partial charge in [0.1, 0.15) is 0 Å². The lowest BCUT2D eigenvalue weighted by Crippen LogP contribution is -2.46. The maximum atomic E-state index is 13.7. The van der Waals surface area contributed by atoms with Gasteiger partial charge in [-0.25, -0.2) is 9.18 Å². The third kappa shape index (κ3) is 3.27. The lowest BCUT2D eigenvalue weighted by molar-refractivity contribution is -0.152. The van der Waals surface area contributed by atoms with Crippen molar-refractivity contribution in [3.05, 3.63) is 0 Å². The third-order valence-corrected chi connectivity index (χ3v) is 7.23. The summed E-state index contributed by atoms with van der Waals surface area (Å²) < 4.78 is 48.9. The van der Waals surface area contributed by atoms with Gasteiger partial charge in [0.15, 0.2) is 0 Å². The number of halogens is 1. The Hall–Kier alpha value is -0.690. The van der Waals surface area contributed by atoms with Crippen molar-refractivity contribution in [2.24, 2.45) is 23.2 Å². The fraction of sp³-hybridized carbons (Fsp3) is 0.938. The number of ether oxygens (including phenoxy) is 1. The van der Waals surface area contributed by atoms with Crippen LogP contribution in [0.15, 0.2) is 0 Å². The molecule has 0 aromatic rings. The molecular weight excluding hydrogens is 323 g/mol. The molecule has 132 valence electrons. The molecule has 0 aromatic heterocycles. The van der Waals surface area contributed by atoms with E-state index in [1.165, 1.54) is 38.5 Å². The fourth-order valence-electron chi connectivity index (χ4n) is 5.44. The van der Waals surface area contributed by atoms with Crippen molar-refractivity contribution in [1.29, 1.82) is 0 Å². The van der Waals surface area contributed by atoms with E-state index in [0.717, 1.165) is 24.2 Å². The molecule has 5 nitrogen and oxygen atoms in total. The summed E-state index contributed by atoms with van der Waals surface area (Å²) in [5, 5.41) is -3.40. The lowest BCUT2D eigenvalue weighted by Gasteiger charge is -2.57. The SMILES string of the molecule is CC(F)(C(=O)OCCCC12CC3CC(CC(C3)C1)C2)S(=O)(=O)O. The smallest absolute Gasteiger partial charge is 0.362 e. The summed E-state index contributed by atoms with van der Waals surface area (Å²) in [6, 6.07) is 0. The van der Waals surface area contributed by atoms with Crippen LogP contribution in [0, 0.1) is 23.2 Å². The summed E-state index contributed by atoms with van der Waals surface area (Å²) in [4.78, 5) is 11.5. The monoisotopic (exact) mass is 348 g/mol. The van der Waals surface area contributed by atoms with Gasteiger partial charge in [0, 0.05) is 0 Å². The molecule has 0 aromatic carbocycles. The summed E-state index contributed by atoms with van der Waals surface area (Å²) in [5.74, 6) is 0.998. The van der Waals surface area contributed by atoms with Crippen molar-refractivity contribution in [1.82, 2.24) is 0 Å². The van der Waals surface area contributed by atoms with E-state index in [2.05, 4.69) is 0 Å². The van der Waals surface area contributed by atoms with Gasteiger partial charge >= 0.3 is 21.1 Å². The Kier molecular flexibility index (Phi) is 4.24. The predicted octanol–water partition coefficient (Wildman–Crippen LogP) is 3.10. The van der Waals surface area contributed by atoms with Gasteiger partial charge in [-0.2, -0.15) is 8.42 Å². The summed E-state index contributed by atoms with van der Waals surface area (Å²) in [5.41, 5.74) is 0.350.